The topological polar surface area (TPSA) is 73.7 Å². The Morgan fingerprint density at radius 3 is 2.70 bits per heavy atom. The van der Waals surface area contributed by atoms with E-state index in [0.717, 1.165) is 11.3 Å². The van der Waals surface area contributed by atoms with Crippen molar-refractivity contribution in [3.63, 3.8) is 0 Å². The number of aromatic amines is 1. The van der Waals surface area contributed by atoms with Crippen molar-refractivity contribution in [2.75, 3.05) is 13.7 Å². The van der Waals surface area contributed by atoms with Gasteiger partial charge in [0.25, 0.3) is 0 Å². The number of nitrogens with zero attached hydrogens (tertiary/aromatic N) is 3. The summed E-state index contributed by atoms with van der Waals surface area (Å²) >= 11 is 5.25. The molecule has 140 valence electrons. The van der Waals surface area contributed by atoms with Crippen LogP contribution in [0.5, 0.6) is 17.2 Å². The molecule has 0 unspecified atom stereocenters. The van der Waals surface area contributed by atoms with Gasteiger partial charge in [0.15, 0.2) is 17.3 Å². The van der Waals surface area contributed by atoms with Gasteiger partial charge in [0, 0.05) is 0 Å². The highest BCUT2D eigenvalue weighted by atomic mass is 32.1. The summed E-state index contributed by atoms with van der Waals surface area (Å²) in [6.45, 7) is 2.73. The molecular formula is C19H20N4O3S. The summed E-state index contributed by atoms with van der Waals surface area (Å²) in [5, 5.41) is 11.3. The van der Waals surface area contributed by atoms with Crippen LogP contribution in [-0.4, -0.2) is 34.8 Å². The summed E-state index contributed by atoms with van der Waals surface area (Å²) in [6.07, 6.45) is 1.68. The minimum atomic E-state index is 0.237. The van der Waals surface area contributed by atoms with E-state index < -0.39 is 0 Å². The normalized spacial score (nSPS) is 10.9. The molecule has 1 N–H and O–H groups in total. The molecule has 0 amide bonds. The Morgan fingerprint density at radius 1 is 1.15 bits per heavy atom. The van der Waals surface area contributed by atoms with Gasteiger partial charge in [0.05, 0.1) is 19.9 Å². The Bertz CT molecular complexity index is 967. The predicted molar refractivity (Wildman–Crippen MR) is 105 cm³/mol. The van der Waals surface area contributed by atoms with Crippen LogP contribution < -0.4 is 14.2 Å². The molecule has 0 bridgehead atoms. The molecule has 0 saturated heterocycles. The molecule has 0 saturated carbocycles. The largest absolute Gasteiger partial charge is 0.493 e. The molecule has 0 fully saturated rings. The maximum absolute atomic E-state index is 5.72. The number of hydrogen-bond donors (Lipinski definition) is 1. The van der Waals surface area contributed by atoms with Crippen LogP contribution in [0.4, 0.5) is 0 Å². The van der Waals surface area contributed by atoms with Gasteiger partial charge in [-0.1, -0.05) is 18.2 Å². The second kappa shape index (κ2) is 9.00. The third-order valence-electron chi connectivity index (χ3n) is 3.64. The molecule has 0 aliphatic heterocycles. The Labute approximate surface area is 162 Å². The van der Waals surface area contributed by atoms with Gasteiger partial charge in [-0.3, -0.25) is 0 Å². The van der Waals surface area contributed by atoms with Crippen molar-refractivity contribution < 1.29 is 14.2 Å². The molecular weight excluding hydrogens is 364 g/mol. The van der Waals surface area contributed by atoms with Gasteiger partial charge in [-0.05, 0) is 55.0 Å². The number of nitrogens with one attached hydrogen (secondary N) is 1. The predicted octanol–water partition coefficient (Wildman–Crippen LogP) is 3.81. The van der Waals surface area contributed by atoms with Crippen LogP contribution >= 0.6 is 12.2 Å². The molecule has 0 spiro atoms. The molecule has 0 atom stereocenters. The van der Waals surface area contributed by atoms with Crippen molar-refractivity contribution in [2.24, 2.45) is 5.10 Å². The van der Waals surface area contributed by atoms with E-state index in [4.69, 9.17) is 26.4 Å². The van der Waals surface area contributed by atoms with Crippen LogP contribution in [0.2, 0.25) is 0 Å². The van der Waals surface area contributed by atoms with E-state index in [2.05, 4.69) is 15.3 Å². The van der Waals surface area contributed by atoms with Gasteiger partial charge in [0.1, 0.15) is 12.4 Å². The van der Waals surface area contributed by atoms with Gasteiger partial charge in [-0.2, -0.15) is 14.9 Å². The lowest BCUT2D eigenvalue weighted by molar-refractivity contribution is 0.290. The van der Waals surface area contributed by atoms with Gasteiger partial charge >= 0.3 is 0 Å². The van der Waals surface area contributed by atoms with E-state index in [1.165, 1.54) is 4.68 Å². The highest BCUT2D eigenvalue weighted by Crippen LogP contribution is 2.27. The van der Waals surface area contributed by atoms with Crippen LogP contribution in [0.15, 0.2) is 53.6 Å². The highest BCUT2D eigenvalue weighted by Gasteiger charge is 2.07. The van der Waals surface area contributed by atoms with Gasteiger partial charge in [0.2, 0.25) is 4.77 Å². The van der Waals surface area contributed by atoms with Gasteiger partial charge in [-0.15, -0.1) is 0 Å². The molecule has 7 nitrogen and oxygen atoms in total. The molecule has 0 aliphatic rings. The first-order chi connectivity index (χ1) is 13.2. The molecule has 3 aromatic rings. The van der Waals surface area contributed by atoms with Gasteiger partial charge in [-0.25, -0.2) is 5.10 Å². The first-order valence-corrected chi connectivity index (χ1v) is 8.81. The SMILES string of the molecule is CCOc1ccc(/C=N\n2c(COc3ccccc3)n[nH]c2=S)cc1OC. The minimum absolute atomic E-state index is 0.237. The summed E-state index contributed by atoms with van der Waals surface area (Å²) in [7, 11) is 1.60. The maximum atomic E-state index is 5.72. The Morgan fingerprint density at radius 2 is 1.96 bits per heavy atom. The Balaban J connectivity index is 1.77. The third kappa shape index (κ3) is 4.73. The Hall–Kier alpha value is -3.13. The number of H-pyrrole nitrogens is 1. The fourth-order valence-electron chi connectivity index (χ4n) is 2.37. The van der Waals surface area contributed by atoms with Crippen molar-refractivity contribution >= 4 is 18.4 Å². The third-order valence-corrected chi connectivity index (χ3v) is 3.90. The van der Waals surface area contributed by atoms with E-state index in [-0.39, 0.29) is 6.61 Å². The summed E-state index contributed by atoms with van der Waals surface area (Å²) in [4.78, 5) is 0. The first kappa shape index (κ1) is 18.7. The molecule has 2 aromatic carbocycles. The molecule has 8 heteroatoms. The van der Waals surface area contributed by atoms with Crippen LogP contribution in [0, 0.1) is 4.77 Å². The number of aromatic nitrogens is 3. The summed E-state index contributed by atoms with van der Waals surface area (Å²) in [6, 6.07) is 15.1. The quantitative estimate of drug-likeness (QED) is 0.472. The lowest BCUT2D eigenvalue weighted by Gasteiger charge is -2.09. The zero-order chi connectivity index (χ0) is 19.1. The number of benzene rings is 2. The second-order valence-corrected chi connectivity index (χ2v) is 5.83. The van der Waals surface area contributed by atoms with Crippen molar-refractivity contribution in [3.8, 4) is 17.2 Å². The fraction of sp³-hybridized carbons (Fsp3) is 0.211. The lowest BCUT2D eigenvalue weighted by atomic mass is 10.2. The molecule has 0 aliphatic carbocycles. The molecule has 1 heterocycles. The highest BCUT2D eigenvalue weighted by molar-refractivity contribution is 7.71. The average Bonchev–Trinajstić information content (AvgIpc) is 3.06. The number of ether oxygens (including phenoxy) is 3. The first-order valence-electron chi connectivity index (χ1n) is 8.40. The molecule has 27 heavy (non-hydrogen) atoms. The van der Waals surface area contributed by atoms with Crippen molar-refractivity contribution in [1.29, 1.82) is 0 Å². The number of methoxy groups -OCH3 is 1. The van der Waals surface area contributed by atoms with Crippen molar-refractivity contribution in [1.82, 2.24) is 14.9 Å². The van der Waals surface area contributed by atoms with Crippen LogP contribution in [0.3, 0.4) is 0 Å². The van der Waals surface area contributed by atoms with Gasteiger partial charge < -0.3 is 14.2 Å². The lowest BCUT2D eigenvalue weighted by Crippen LogP contribution is -2.04. The number of rotatable bonds is 8. The van der Waals surface area contributed by atoms with E-state index >= 15 is 0 Å². The van der Waals surface area contributed by atoms with Crippen LogP contribution in [0.1, 0.15) is 18.3 Å². The fourth-order valence-corrected chi connectivity index (χ4v) is 2.56. The zero-order valence-corrected chi connectivity index (χ0v) is 15.9. The molecule has 3 rings (SSSR count). The summed E-state index contributed by atoms with van der Waals surface area (Å²) in [5.41, 5.74) is 0.841. The summed E-state index contributed by atoms with van der Waals surface area (Å²) < 4.78 is 18.5. The van der Waals surface area contributed by atoms with Crippen LogP contribution in [-0.2, 0) is 6.61 Å². The van der Waals surface area contributed by atoms with E-state index in [1.54, 1.807) is 13.3 Å². The minimum Gasteiger partial charge on any atom is -0.493 e. The van der Waals surface area contributed by atoms with E-state index in [9.17, 15) is 0 Å². The monoisotopic (exact) mass is 384 g/mol. The number of hydrogen-bond acceptors (Lipinski definition) is 6. The van der Waals surface area contributed by atoms with Crippen LogP contribution in [0.25, 0.3) is 0 Å². The Kier molecular flexibility index (Phi) is 6.22. The average molecular weight is 384 g/mol. The molecule has 1 aromatic heterocycles. The summed E-state index contributed by atoms with van der Waals surface area (Å²) in [5.74, 6) is 2.65. The van der Waals surface area contributed by atoms with Crippen molar-refractivity contribution in [2.45, 2.75) is 13.5 Å². The number of para-hydroxylation sites is 1. The molecule has 0 radical (unpaired) electrons. The maximum Gasteiger partial charge on any atom is 0.216 e. The zero-order valence-electron chi connectivity index (χ0n) is 15.1. The van der Waals surface area contributed by atoms with Crippen molar-refractivity contribution in [3.05, 3.63) is 64.7 Å². The van der Waals surface area contributed by atoms with E-state index in [1.807, 2.05) is 55.5 Å². The standard InChI is InChI=1S/C19H20N4O3S/c1-3-25-16-10-9-14(11-17(16)24-2)12-20-23-18(21-22-19(23)27)13-26-15-7-5-4-6-8-15/h4-12H,3,13H2,1-2H3,(H,22,27)/b20-12-. The second-order valence-electron chi connectivity index (χ2n) is 5.45. The van der Waals surface area contributed by atoms with E-state index in [0.29, 0.717) is 28.7 Å². The smallest absolute Gasteiger partial charge is 0.216 e.